The number of nitrogens with zero attached hydrogens (tertiary/aromatic N) is 2. The number of likely N-dealkylation sites (tertiary alicyclic amines) is 1. The summed E-state index contributed by atoms with van der Waals surface area (Å²) in [4.78, 5) is 18.7. The van der Waals surface area contributed by atoms with Crippen LogP contribution in [0.15, 0.2) is 12.3 Å². The van der Waals surface area contributed by atoms with Crippen LogP contribution >= 0.6 is 0 Å². The normalized spacial score (nSPS) is 21.0. The Morgan fingerprint density at radius 3 is 2.64 bits per heavy atom. The third-order valence-electron chi connectivity index (χ3n) is 5.87. The molecule has 1 aliphatic heterocycles. The highest BCUT2D eigenvalue weighted by molar-refractivity contribution is 5.80. The highest BCUT2D eigenvalue weighted by Gasteiger charge is 2.48. The molecule has 0 bridgehead atoms. The lowest BCUT2D eigenvalue weighted by Gasteiger charge is -2.54. The first kappa shape index (κ1) is 18.2. The molecule has 25 heavy (non-hydrogen) atoms. The van der Waals surface area contributed by atoms with Gasteiger partial charge in [0.25, 0.3) is 0 Å². The van der Waals surface area contributed by atoms with Gasteiger partial charge in [-0.1, -0.05) is 6.92 Å². The van der Waals surface area contributed by atoms with Crippen molar-refractivity contribution < 1.29 is 14.6 Å². The van der Waals surface area contributed by atoms with Gasteiger partial charge < -0.3 is 14.7 Å². The summed E-state index contributed by atoms with van der Waals surface area (Å²) in [5.41, 5.74) is 2.52. The number of hydrogen-bond acceptors (Lipinski definition) is 4. The molecule has 0 aromatic carbocycles. The van der Waals surface area contributed by atoms with Crippen LogP contribution in [0.1, 0.15) is 50.2 Å². The van der Waals surface area contributed by atoms with E-state index in [0.29, 0.717) is 6.42 Å². The summed E-state index contributed by atoms with van der Waals surface area (Å²) >= 11 is 0. The van der Waals surface area contributed by atoms with E-state index in [1.165, 1.54) is 0 Å². The number of ether oxygens (including phenoxy) is 1. The molecule has 2 aliphatic rings. The van der Waals surface area contributed by atoms with Crippen LogP contribution in [0, 0.1) is 25.2 Å². The maximum atomic E-state index is 12.3. The molecule has 5 heteroatoms. The molecule has 1 aromatic rings. The van der Waals surface area contributed by atoms with Crippen molar-refractivity contribution in [3.05, 3.63) is 23.4 Å². The Bertz CT molecular complexity index is 611. The van der Waals surface area contributed by atoms with Gasteiger partial charge in [-0.05, 0) is 57.6 Å². The molecule has 138 valence electrons. The van der Waals surface area contributed by atoms with Crippen LogP contribution in [0.3, 0.4) is 0 Å². The van der Waals surface area contributed by atoms with Gasteiger partial charge in [-0.2, -0.15) is 0 Å². The Hall–Kier alpha value is -1.62. The fourth-order valence-electron chi connectivity index (χ4n) is 4.18. The summed E-state index contributed by atoms with van der Waals surface area (Å²) in [5, 5.41) is 9.31. The number of pyridine rings is 1. The van der Waals surface area contributed by atoms with E-state index in [2.05, 4.69) is 11.1 Å². The van der Waals surface area contributed by atoms with Gasteiger partial charge in [0.15, 0.2) is 0 Å². The first-order valence-electron chi connectivity index (χ1n) is 9.46. The summed E-state index contributed by atoms with van der Waals surface area (Å²) in [6.45, 7) is 7.68. The fourth-order valence-corrected chi connectivity index (χ4v) is 4.18. The Labute approximate surface area is 150 Å². The highest BCUT2D eigenvalue weighted by Crippen LogP contribution is 2.45. The number of carbonyl (C=O) groups is 1. The topological polar surface area (TPSA) is 62.7 Å². The van der Waals surface area contributed by atoms with Crippen molar-refractivity contribution in [2.24, 2.45) is 11.3 Å². The molecule has 1 amide bonds. The third kappa shape index (κ3) is 3.81. The van der Waals surface area contributed by atoms with Crippen LogP contribution in [-0.4, -0.2) is 46.7 Å². The van der Waals surface area contributed by atoms with Gasteiger partial charge in [-0.3, -0.25) is 4.79 Å². The van der Waals surface area contributed by atoms with E-state index in [0.717, 1.165) is 55.8 Å². The summed E-state index contributed by atoms with van der Waals surface area (Å²) in [7, 11) is 0. The molecule has 1 saturated heterocycles. The zero-order valence-corrected chi connectivity index (χ0v) is 15.6. The molecule has 1 aromatic heterocycles. The minimum Gasteiger partial charge on any atom is -0.474 e. The van der Waals surface area contributed by atoms with Crippen LogP contribution in [0.4, 0.5) is 0 Å². The number of aliphatic hydroxyl groups excluding tert-OH is 1. The number of amides is 1. The van der Waals surface area contributed by atoms with E-state index in [4.69, 9.17) is 4.74 Å². The maximum absolute atomic E-state index is 12.3. The molecule has 5 nitrogen and oxygen atoms in total. The first-order valence-corrected chi connectivity index (χ1v) is 9.46. The molecule has 1 aliphatic carbocycles. The van der Waals surface area contributed by atoms with E-state index in [1.54, 1.807) is 0 Å². The molecule has 2 fully saturated rings. The van der Waals surface area contributed by atoms with E-state index in [9.17, 15) is 9.90 Å². The van der Waals surface area contributed by atoms with Gasteiger partial charge in [0.2, 0.25) is 11.8 Å². The fraction of sp³-hybridized carbons (Fsp3) is 0.700. The van der Waals surface area contributed by atoms with Crippen LogP contribution in [-0.2, 0) is 4.79 Å². The van der Waals surface area contributed by atoms with Gasteiger partial charge >= 0.3 is 0 Å². The molecular formula is C20H30N2O3. The van der Waals surface area contributed by atoms with E-state index in [1.807, 2.05) is 31.9 Å². The second-order valence-corrected chi connectivity index (χ2v) is 7.93. The Kier molecular flexibility index (Phi) is 5.32. The first-order chi connectivity index (χ1) is 12.0. The molecule has 0 radical (unpaired) electrons. The Balaban J connectivity index is 1.49. The second-order valence-electron chi connectivity index (χ2n) is 7.93. The Morgan fingerprint density at radius 1 is 1.40 bits per heavy atom. The molecule has 1 saturated carbocycles. The second kappa shape index (κ2) is 7.32. The minimum atomic E-state index is -0.229. The van der Waals surface area contributed by atoms with Crippen LogP contribution in [0.2, 0.25) is 0 Å². The van der Waals surface area contributed by atoms with Crippen LogP contribution in [0.5, 0.6) is 5.88 Å². The number of aliphatic hydroxyl groups is 1. The average molecular weight is 346 g/mol. The van der Waals surface area contributed by atoms with Crippen molar-refractivity contribution in [2.45, 2.75) is 59.0 Å². The molecule has 3 rings (SSSR count). The van der Waals surface area contributed by atoms with E-state index >= 15 is 0 Å². The van der Waals surface area contributed by atoms with Crippen LogP contribution < -0.4 is 4.74 Å². The molecule has 1 N–H and O–H groups in total. The number of hydrogen-bond donors (Lipinski definition) is 1. The summed E-state index contributed by atoms with van der Waals surface area (Å²) in [6.07, 6.45) is 7.03. The average Bonchev–Trinajstić information content (AvgIpc) is 2.57. The number of rotatable bonds is 5. The molecular weight excluding hydrogens is 316 g/mol. The van der Waals surface area contributed by atoms with Gasteiger partial charge in [0.05, 0.1) is 12.5 Å². The van der Waals surface area contributed by atoms with E-state index < -0.39 is 0 Å². The third-order valence-corrected chi connectivity index (χ3v) is 5.87. The predicted octanol–water partition coefficient (Wildman–Crippen LogP) is 2.87. The standard InChI is InChI=1S/C20H30N2O3/c1-4-16(11-23)19(24)22-12-20(13-22)7-5-17(6-8-20)25-18-15(3)9-14(2)10-21-18/h9-10,16-17,23H,4-8,11-13H2,1-3H3/t16-/m1/s1. The predicted molar refractivity (Wildman–Crippen MR) is 96.5 cm³/mol. The highest BCUT2D eigenvalue weighted by atomic mass is 16.5. The maximum Gasteiger partial charge on any atom is 0.228 e. The number of aryl methyl sites for hydroxylation is 2. The van der Waals surface area contributed by atoms with Crippen molar-refractivity contribution in [2.75, 3.05) is 19.7 Å². The SMILES string of the molecule is CC[C@H](CO)C(=O)N1CC2(CCC(Oc3ncc(C)cc3C)CC2)C1. The quantitative estimate of drug-likeness (QED) is 0.890. The zero-order valence-electron chi connectivity index (χ0n) is 15.6. The van der Waals surface area contributed by atoms with Gasteiger partial charge in [0.1, 0.15) is 6.10 Å². The van der Waals surface area contributed by atoms with Crippen LogP contribution in [0.25, 0.3) is 0 Å². The van der Waals surface area contributed by atoms with E-state index in [-0.39, 0.29) is 30.0 Å². The summed E-state index contributed by atoms with van der Waals surface area (Å²) in [6, 6.07) is 2.10. The number of carbonyl (C=O) groups excluding carboxylic acids is 1. The molecule has 2 heterocycles. The van der Waals surface area contributed by atoms with Crippen molar-refractivity contribution in [3.63, 3.8) is 0 Å². The largest absolute Gasteiger partial charge is 0.474 e. The van der Waals surface area contributed by atoms with Gasteiger partial charge in [0, 0.05) is 30.3 Å². The summed E-state index contributed by atoms with van der Waals surface area (Å²) < 4.78 is 6.13. The summed E-state index contributed by atoms with van der Waals surface area (Å²) in [5.74, 6) is 0.645. The lowest BCUT2D eigenvalue weighted by atomic mass is 9.67. The van der Waals surface area contributed by atoms with Crippen molar-refractivity contribution >= 4 is 5.91 Å². The Morgan fingerprint density at radius 2 is 2.08 bits per heavy atom. The zero-order chi connectivity index (χ0) is 18.0. The molecule has 1 atom stereocenters. The van der Waals surface area contributed by atoms with Gasteiger partial charge in [-0.25, -0.2) is 4.98 Å². The van der Waals surface area contributed by atoms with Crippen molar-refractivity contribution in [1.29, 1.82) is 0 Å². The molecule has 0 unspecified atom stereocenters. The minimum absolute atomic E-state index is 0.0440. The lowest BCUT2D eigenvalue weighted by Crippen LogP contribution is -2.61. The lowest BCUT2D eigenvalue weighted by molar-refractivity contribution is -0.152. The van der Waals surface area contributed by atoms with Crippen molar-refractivity contribution in [1.82, 2.24) is 9.88 Å². The monoisotopic (exact) mass is 346 g/mol. The smallest absolute Gasteiger partial charge is 0.228 e. The van der Waals surface area contributed by atoms with Crippen molar-refractivity contribution in [3.8, 4) is 5.88 Å². The van der Waals surface area contributed by atoms with Gasteiger partial charge in [-0.15, -0.1) is 0 Å². The number of aromatic nitrogens is 1. The molecule has 1 spiro atoms.